The second-order valence-electron chi connectivity index (χ2n) is 4.53. The topological polar surface area (TPSA) is 29.5 Å². The highest BCUT2D eigenvalue weighted by atomic mass is 16.5. The van der Waals surface area contributed by atoms with E-state index in [9.17, 15) is 5.11 Å². The molecule has 4 atom stereocenters. The maximum absolute atomic E-state index is 9.97. The Kier molecular flexibility index (Phi) is 1.61. The zero-order chi connectivity index (χ0) is 8.93. The summed E-state index contributed by atoms with van der Waals surface area (Å²) in [4.78, 5) is 0. The molecule has 0 aromatic carbocycles. The molecule has 0 saturated carbocycles. The largest absolute Gasteiger partial charge is 0.392 e. The van der Waals surface area contributed by atoms with Crippen LogP contribution < -0.4 is 0 Å². The molecule has 2 rings (SSSR count). The van der Waals surface area contributed by atoms with Gasteiger partial charge >= 0.3 is 0 Å². The smallest absolute Gasteiger partial charge is 0.0840 e. The van der Waals surface area contributed by atoms with E-state index in [0.717, 1.165) is 0 Å². The van der Waals surface area contributed by atoms with E-state index in [-0.39, 0.29) is 29.6 Å². The van der Waals surface area contributed by atoms with Crippen LogP contribution in [0, 0.1) is 11.3 Å². The highest BCUT2D eigenvalue weighted by Gasteiger charge is 2.49. The Morgan fingerprint density at radius 1 is 1.33 bits per heavy atom. The lowest BCUT2D eigenvalue weighted by molar-refractivity contribution is -0.160. The molecule has 0 unspecified atom stereocenters. The molecule has 0 spiro atoms. The van der Waals surface area contributed by atoms with E-state index in [1.54, 1.807) is 0 Å². The van der Waals surface area contributed by atoms with Crippen molar-refractivity contribution in [3.8, 4) is 0 Å². The van der Waals surface area contributed by atoms with Gasteiger partial charge in [0.15, 0.2) is 0 Å². The van der Waals surface area contributed by atoms with Crippen LogP contribution in [0.25, 0.3) is 0 Å². The third kappa shape index (κ3) is 0.882. The van der Waals surface area contributed by atoms with Gasteiger partial charge in [-0.2, -0.15) is 0 Å². The van der Waals surface area contributed by atoms with Gasteiger partial charge in [0.1, 0.15) is 0 Å². The fraction of sp³-hybridized carbons (Fsp3) is 0.800. The second-order valence-corrected chi connectivity index (χ2v) is 4.53. The average Bonchev–Trinajstić information content (AvgIpc) is 2.46. The molecule has 2 bridgehead atoms. The van der Waals surface area contributed by atoms with Gasteiger partial charge in [-0.1, -0.05) is 32.9 Å². The maximum Gasteiger partial charge on any atom is 0.0840 e. The predicted molar refractivity (Wildman–Crippen MR) is 46.8 cm³/mol. The maximum atomic E-state index is 9.97. The van der Waals surface area contributed by atoms with Crippen LogP contribution in [0.2, 0.25) is 0 Å². The fourth-order valence-corrected chi connectivity index (χ4v) is 2.22. The molecule has 1 saturated heterocycles. The van der Waals surface area contributed by atoms with Crippen molar-refractivity contribution < 1.29 is 9.84 Å². The standard InChI is InChI=1S/C10H16O2/c1-6-7-4-5-8(12-7)10(2,3)9(6)11/h4-9,11H,1-3H3/t6-,7-,8+,9-/m0/s1. The lowest BCUT2D eigenvalue weighted by Gasteiger charge is -2.44. The van der Waals surface area contributed by atoms with Gasteiger partial charge in [0.25, 0.3) is 0 Å². The Morgan fingerprint density at radius 3 is 2.67 bits per heavy atom. The van der Waals surface area contributed by atoms with Gasteiger partial charge in [0, 0.05) is 11.3 Å². The summed E-state index contributed by atoms with van der Waals surface area (Å²) in [5, 5.41) is 9.97. The summed E-state index contributed by atoms with van der Waals surface area (Å²) in [6.07, 6.45) is 4.15. The molecule has 0 aliphatic carbocycles. The van der Waals surface area contributed by atoms with Crippen molar-refractivity contribution in [1.82, 2.24) is 0 Å². The molecule has 0 radical (unpaired) electrons. The summed E-state index contributed by atoms with van der Waals surface area (Å²) in [5.74, 6) is 0.218. The molecule has 0 amide bonds. The van der Waals surface area contributed by atoms with E-state index in [2.05, 4.69) is 26.0 Å². The Hall–Kier alpha value is -0.340. The summed E-state index contributed by atoms with van der Waals surface area (Å²) in [6, 6.07) is 0. The van der Waals surface area contributed by atoms with Crippen LogP contribution in [0.4, 0.5) is 0 Å². The Balaban J connectivity index is 2.32. The minimum Gasteiger partial charge on any atom is -0.392 e. The van der Waals surface area contributed by atoms with Crippen molar-refractivity contribution in [2.75, 3.05) is 0 Å². The molecule has 0 aromatic rings. The fourth-order valence-electron chi connectivity index (χ4n) is 2.22. The second kappa shape index (κ2) is 2.33. The molecular weight excluding hydrogens is 152 g/mol. The normalized spacial score (nSPS) is 49.7. The van der Waals surface area contributed by atoms with Gasteiger partial charge in [-0.3, -0.25) is 0 Å². The van der Waals surface area contributed by atoms with Gasteiger partial charge in [0.2, 0.25) is 0 Å². The quantitative estimate of drug-likeness (QED) is 0.553. The minimum atomic E-state index is -0.253. The lowest BCUT2D eigenvalue weighted by Crippen LogP contribution is -2.51. The van der Waals surface area contributed by atoms with Gasteiger partial charge in [-0.15, -0.1) is 0 Å². The van der Waals surface area contributed by atoms with E-state index in [4.69, 9.17) is 4.74 Å². The van der Waals surface area contributed by atoms with Crippen LogP contribution in [-0.4, -0.2) is 23.4 Å². The highest BCUT2D eigenvalue weighted by Crippen LogP contribution is 2.43. The average molecular weight is 168 g/mol. The first kappa shape index (κ1) is 8.27. The molecule has 1 fully saturated rings. The zero-order valence-corrected chi connectivity index (χ0v) is 7.82. The summed E-state index contributed by atoms with van der Waals surface area (Å²) in [7, 11) is 0. The van der Waals surface area contributed by atoms with E-state index >= 15 is 0 Å². The zero-order valence-electron chi connectivity index (χ0n) is 7.82. The lowest BCUT2D eigenvalue weighted by atomic mass is 9.74. The first-order valence-corrected chi connectivity index (χ1v) is 4.55. The van der Waals surface area contributed by atoms with Gasteiger partial charge in [-0.05, 0) is 0 Å². The highest BCUT2D eigenvalue weighted by molar-refractivity contribution is 5.15. The van der Waals surface area contributed by atoms with Crippen molar-refractivity contribution in [2.24, 2.45) is 11.3 Å². The summed E-state index contributed by atoms with van der Waals surface area (Å²) in [6.45, 7) is 6.17. The number of aliphatic hydroxyl groups excluding tert-OH is 1. The molecule has 2 nitrogen and oxygen atoms in total. The third-order valence-electron chi connectivity index (χ3n) is 3.29. The van der Waals surface area contributed by atoms with E-state index in [0.29, 0.717) is 0 Å². The molecule has 1 N–H and O–H groups in total. The van der Waals surface area contributed by atoms with Gasteiger partial charge in [0.05, 0.1) is 18.3 Å². The van der Waals surface area contributed by atoms with Crippen LogP contribution in [0.5, 0.6) is 0 Å². The molecule has 68 valence electrons. The van der Waals surface area contributed by atoms with Crippen molar-refractivity contribution in [1.29, 1.82) is 0 Å². The SMILES string of the molecule is C[C@H]1[C@@H]2C=C[C@@H](O2)C(C)(C)[C@H]1O. The predicted octanol–water partition coefficient (Wildman–Crippen LogP) is 1.35. The number of fused-ring (bicyclic) bond motifs is 2. The van der Waals surface area contributed by atoms with Crippen LogP contribution in [0.3, 0.4) is 0 Å². The number of aliphatic hydroxyl groups is 1. The van der Waals surface area contributed by atoms with E-state index in [1.165, 1.54) is 0 Å². The molecule has 2 aliphatic heterocycles. The summed E-state index contributed by atoms with van der Waals surface area (Å²) < 4.78 is 5.72. The molecule has 2 heterocycles. The monoisotopic (exact) mass is 168 g/mol. The Bertz CT molecular complexity index is 220. The third-order valence-corrected chi connectivity index (χ3v) is 3.29. The van der Waals surface area contributed by atoms with Crippen LogP contribution >= 0.6 is 0 Å². The van der Waals surface area contributed by atoms with Gasteiger partial charge in [-0.25, -0.2) is 0 Å². The number of hydrogen-bond acceptors (Lipinski definition) is 2. The molecule has 0 aromatic heterocycles. The first-order chi connectivity index (χ1) is 5.53. The van der Waals surface area contributed by atoms with Crippen molar-refractivity contribution in [3.05, 3.63) is 12.2 Å². The van der Waals surface area contributed by atoms with Gasteiger partial charge < -0.3 is 9.84 Å². The first-order valence-electron chi connectivity index (χ1n) is 4.55. The van der Waals surface area contributed by atoms with Crippen molar-refractivity contribution >= 4 is 0 Å². The van der Waals surface area contributed by atoms with Crippen molar-refractivity contribution in [3.63, 3.8) is 0 Å². The van der Waals surface area contributed by atoms with Crippen LogP contribution in [0.15, 0.2) is 12.2 Å². The molecule has 2 heteroatoms. The minimum absolute atomic E-state index is 0.105. The Labute approximate surface area is 73.2 Å². The van der Waals surface area contributed by atoms with Crippen LogP contribution in [0.1, 0.15) is 20.8 Å². The molecule has 2 aliphatic rings. The van der Waals surface area contributed by atoms with E-state index < -0.39 is 0 Å². The van der Waals surface area contributed by atoms with E-state index in [1.807, 2.05) is 6.92 Å². The number of rotatable bonds is 0. The molecular formula is C10H16O2. The summed E-state index contributed by atoms with van der Waals surface area (Å²) >= 11 is 0. The Morgan fingerprint density at radius 2 is 2.00 bits per heavy atom. The number of hydrogen-bond donors (Lipinski definition) is 1. The number of ether oxygens (including phenoxy) is 1. The summed E-state index contributed by atoms with van der Waals surface area (Å²) in [5.41, 5.74) is -0.136. The van der Waals surface area contributed by atoms with Crippen molar-refractivity contribution in [2.45, 2.75) is 39.1 Å². The molecule has 12 heavy (non-hydrogen) atoms. The van der Waals surface area contributed by atoms with Crippen LogP contribution in [-0.2, 0) is 4.74 Å².